The molecule has 0 N–H and O–H groups in total. The van der Waals surface area contributed by atoms with Crippen LogP contribution in [0.3, 0.4) is 0 Å². The van der Waals surface area contributed by atoms with Gasteiger partial charge in [0.25, 0.3) is 11.8 Å². The lowest BCUT2D eigenvalue weighted by Gasteiger charge is -2.24. The van der Waals surface area contributed by atoms with Crippen LogP contribution in [0.15, 0.2) is 53.1 Å². The molecule has 2 aliphatic rings. The van der Waals surface area contributed by atoms with Crippen LogP contribution in [-0.2, 0) is 5.41 Å². The molecule has 2 fully saturated rings. The van der Waals surface area contributed by atoms with Gasteiger partial charge < -0.3 is 14.2 Å². The van der Waals surface area contributed by atoms with Crippen molar-refractivity contribution >= 4 is 5.91 Å². The normalized spacial score (nSPS) is 22.9. The number of benzene rings is 2. The van der Waals surface area contributed by atoms with E-state index in [0.29, 0.717) is 30.4 Å². The molecule has 1 saturated heterocycles. The number of rotatable bonds is 4. The van der Waals surface area contributed by atoms with E-state index >= 15 is 0 Å². The minimum absolute atomic E-state index is 0.126. The van der Waals surface area contributed by atoms with Gasteiger partial charge in [-0.3, -0.25) is 4.79 Å². The number of halogens is 1. The molecule has 154 valence electrons. The van der Waals surface area contributed by atoms with Crippen molar-refractivity contribution in [3.8, 4) is 17.2 Å². The van der Waals surface area contributed by atoms with Crippen molar-refractivity contribution < 1.29 is 18.4 Å². The Kier molecular flexibility index (Phi) is 4.53. The van der Waals surface area contributed by atoms with Crippen molar-refractivity contribution in [2.45, 2.75) is 24.7 Å². The molecule has 6 nitrogen and oxygen atoms in total. The molecule has 2 atom stereocenters. The number of hydrogen-bond acceptors (Lipinski definition) is 5. The number of ether oxygens (including phenoxy) is 1. The number of methoxy groups -OCH3 is 1. The first kappa shape index (κ1) is 18.8. The number of aromatic nitrogens is 2. The van der Waals surface area contributed by atoms with Gasteiger partial charge in [-0.15, -0.1) is 0 Å². The van der Waals surface area contributed by atoms with Gasteiger partial charge in [-0.05, 0) is 49.1 Å². The highest BCUT2D eigenvalue weighted by atomic mass is 19.1. The fourth-order valence-corrected chi connectivity index (χ4v) is 4.92. The Labute approximate surface area is 173 Å². The van der Waals surface area contributed by atoms with E-state index in [4.69, 9.17) is 14.2 Å². The van der Waals surface area contributed by atoms with Crippen LogP contribution in [0.2, 0.25) is 0 Å². The summed E-state index contributed by atoms with van der Waals surface area (Å²) in [6.45, 7) is 1.12. The zero-order chi connectivity index (χ0) is 20.7. The smallest absolute Gasteiger partial charge is 0.257 e. The first-order valence-corrected chi connectivity index (χ1v) is 10.1. The Morgan fingerprint density at radius 3 is 2.87 bits per heavy atom. The van der Waals surface area contributed by atoms with Gasteiger partial charge in [0, 0.05) is 24.2 Å². The standard InChI is InChI=1S/C23H22FN3O3/c1-29-19-10-9-16(12-18(19)24)21(28)27-13-17-8-5-11-23(17,14-27)22-25-20(30-26-22)15-6-3-2-4-7-15/h2-4,6-7,9-10,12,17H,5,8,11,13-14H2,1H3/t17-,23-/m1/s1. The predicted octanol–water partition coefficient (Wildman–Crippen LogP) is 4.08. The maximum absolute atomic E-state index is 14.1. The first-order valence-electron chi connectivity index (χ1n) is 10.1. The third-order valence-electron chi connectivity index (χ3n) is 6.45. The zero-order valence-electron chi connectivity index (χ0n) is 16.7. The summed E-state index contributed by atoms with van der Waals surface area (Å²) < 4.78 is 24.6. The van der Waals surface area contributed by atoms with Crippen molar-refractivity contribution in [3.05, 3.63) is 65.7 Å². The van der Waals surface area contributed by atoms with Gasteiger partial charge in [-0.25, -0.2) is 4.39 Å². The molecule has 5 rings (SSSR count). The number of hydrogen-bond donors (Lipinski definition) is 0. The Hall–Kier alpha value is -3.22. The largest absolute Gasteiger partial charge is 0.494 e. The fraction of sp³-hybridized carbons (Fsp3) is 0.348. The molecule has 1 aliphatic heterocycles. The summed E-state index contributed by atoms with van der Waals surface area (Å²) in [6.07, 6.45) is 2.99. The third-order valence-corrected chi connectivity index (χ3v) is 6.45. The SMILES string of the molecule is COc1ccc(C(=O)N2C[C@H]3CCC[C@@]3(c3noc(-c4ccccc4)n3)C2)cc1F. The van der Waals surface area contributed by atoms with E-state index in [9.17, 15) is 9.18 Å². The summed E-state index contributed by atoms with van der Waals surface area (Å²) in [4.78, 5) is 19.6. The lowest BCUT2D eigenvalue weighted by Crippen LogP contribution is -2.35. The maximum atomic E-state index is 14.1. The number of nitrogens with zero attached hydrogens (tertiary/aromatic N) is 3. The second kappa shape index (κ2) is 7.23. The minimum atomic E-state index is -0.539. The van der Waals surface area contributed by atoms with Crippen LogP contribution in [0.5, 0.6) is 5.75 Å². The van der Waals surface area contributed by atoms with Gasteiger partial charge in [0.1, 0.15) is 0 Å². The van der Waals surface area contributed by atoms with Gasteiger partial charge in [-0.2, -0.15) is 4.98 Å². The Bertz CT molecular complexity index is 1080. The summed E-state index contributed by atoms with van der Waals surface area (Å²) in [5, 5.41) is 4.31. The molecular weight excluding hydrogens is 385 g/mol. The highest BCUT2D eigenvalue weighted by Gasteiger charge is 2.54. The van der Waals surface area contributed by atoms with Crippen LogP contribution in [0, 0.1) is 11.7 Å². The molecule has 2 heterocycles. The summed E-state index contributed by atoms with van der Waals surface area (Å²) in [7, 11) is 1.40. The monoisotopic (exact) mass is 407 g/mol. The van der Waals surface area contributed by atoms with E-state index in [0.717, 1.165) is 24.8 Å². The Balaban J connectivity index is 1.42. The van der Waals surface area contributed by atoms with Crippen LogP contribution in [0.4, 0.5) is 4.39 Å². The molecule has 7 heteroatoms. The number of likely N-dealkylation sites (tertiary alicyclic amines) is 1. The molecule has 0 unspecified atom stereocenters. The van der Waals surface area contributed by atoms with Crippen molar-refractivity contribution in [2.24, 2.45) is 5.92 Å². The van der Waals surface area contributed by atoms with E-state index in [1.165, 1.54) is 19.2 Å². The topological polar surface area (TPSA) is 68.5 Å². The first-order chi connectivity index (χ1) is 14.6. The number of carbonyl (C=O) groups is 1. The Morgan fingerprint density at radius 1 is 1.27 bits per heavy atom. The van der Waals surface area contributed by atoms with Gasteiger partial charge in [0.05, 0.1) is 12.5 Å². The van der Waals surface area contributed by atoms with Gasteiger partial charge in [-0.1, -0.05) is 29.8 Å². The van der Waals surface area contributed by atoms with Crippen LogP contribution >= 0.6 is 0 Å². The quantitative estimate of drug-likeness (QED) is 0.652. The molecule has 0 spiro atoms. The molecule has 1 aliphatic carbocycles. The van der Waals surface area contributed by atoms with E-state index in [-0.39, 0.29) is 23.0 Å². The van der Waals surface area contributed by atoms with Crippen LogP contribution in [0.25, 0.3) is 11.5 Å². The fourth-order valence-electron chi connectivity index (χ4n) is 4.92. The number of carbonyl (C=O) groups excluding carboxylic acids is 1. The lowest BCUT2D eigenvalue weighted by molar-refractivity contribution is 0.0776. The highest BCUT2D eigenvalue weighted by molar-refractivity contribution is 5.94. The van der Waals surface area contributed by atoms with Gasteiger partial charge >= 0.3 is 0 Å². The predicted molar refractivity (Wildman–Crippen MR) is 108 cm³/mol. The average Bonchev–Trinajstić information content (AvgIpc) is 3.48. The van der Waals surface area contributed by atoms with Gasteiger partial charge in [0.2, 0.25) is 0 Å². The highest BCUT2D eigenvalue weighted by Crippen LogP contribution is 2.50. The van der Waals surface area contributed by atoms with E-state index < -0.39 is 5.82 Å². The second-order valence-electron chi connectivity index (χ2n) is 8.07. The van der Waals surface area contributed by atoms with Crippen molar-refractivity contribution in [1.82, 2.24) is 15.0 Å². The van der Waals surface area contributed by atoms with Crippen molar-refractivity contribution in [3.63, 3.8) is 0 Å². The minimum Gasteiger partial charge on any atom is -0.494 e. The molecule has 3 aromatic rings. The average molecular weight is 407 g/mol. The maximum Gasteiger partial charge on any atom is 0.257 e. The molecule has 0 bridgehead atoms. The van der Waals surface area contributed by atoms with Crippen molar-refractivity contribution in [2.75, 3.05) is 20.2 Å². The number of amides is 1. The molecule has 1 amide bonds. The van der Waals surface area contributed by atoms with E-state index in [1.54, 1.807) is 11.0 Å². The molecule has 2 aromatic carbocycles. The van der Waals surface area contributed by atoms with E-state index in [1.807, 2.05) is 30.3 Å². The molecule has 1 aromatic heterocycles. The molecule has 0 radical (unpaired) electrons. The third kappa shape index (κ3) is 2.96. The number of fused-ring (bicyclic) bond motifs is 1. The van der Waals surface area contributed by atoms with Crippen LogP contribution < -0.4 is 4.74 Å². The molecule has 30 heavy (non-hydrogen) atoms. The summed E-state index contributed by atoms with van der Waals surface area (Å²) in [6, 6.07) is 14.0. The summed E-state index contributed by atoms with van der Waals surface area (Å²) in [5.41, 5.74) is 0.889. The lowest BCUT2D eigenvalue weighted by atomic mass is 9.80. The molecular formula is C23H22FN3O3. The van der Waals surface area contributed by atoms with Crippen molar-refractivity contribution in [1.29, 1.82) is 0 Å². The summed E-state index contributed by atoms with van der Waals surface area (Å²) in [5.74, 6) is 0.834. The molecule has 1 saturated carbocycles. The Morgan fingerprint density at radius 2 is 2.10 bits per heavy atom. The second-order valence-corrected chi connectivity index (χ2v) is 8.07. The zero-order valence-corrected chi connectivity index (χ0v) is 16.7. The van der Waals surface area contributed by atoms with Crippen LogP contribution in [0.1, 0.15) is 35.4 Å². The van der Waals surface area contributed by atoms with E-state index in [2.05, 4.69) is 5.16 Å². The van der Waals surface area contributed by atoms with Gasteiger partial charge in [0.15, 0.2) is 17.4 Å². The van der Waals surface area contributed by atoms with Crippen LogP contribution in [-0.4, -0.2) is 41.1 Å². The summed E-state index contributed by atoms with van der Waals surface area (Å²) >= 11 is 0.